The lowest BCUT2D eigenvalue weighted by molar-refractivity contribution is -0.333. The Morgan fingerprint density at radius 2 is 1.81 bits per heavy atom. The van der Waals surface area contributed by atoms with E-state index in [1.54, 1.807) is 27.7 Å². The van der Waals surface area contributed by atoms with Crippen molar-refractivity contribution in [2.45, 2.75) is 80.3 Å². The highest BCUT2D eigenvalue weighted by molar-refractivity contribution is 6.32. The van der Waals surface area contributed by atoms with E-state index in [0.717, 1.165) is 5.57 Å². The van der Waals surface area contributed by atoms with Crippen molar-refractivity contribution in [2.24, 2.45) is 34.0 Å². The van der Waals surface area contributed by atoms with Gasteiger partial charge >= 0.3 is 0 Å². The lowest BCUT2D eigenvalue weighted by Crippen LogP contribution is -2.50. The molecule has 0 aromatic carbocycles. The summed E-state index contributed by atoms with van der Waals surface area (Å²) in [6.45, 7) is 14.7. The number of ketones is 3. The van der Waals surface area contributed by atoms with Crippen LogP contribution in [0.15, 0.2) is 23.0 Å². The highest BCUT2D eigenvalue weighted by atomic mass is 17.1. The van der Waals surface area contributed by atoms with Crippen molar-refractivity contribution in [1.29, 1.82) is 0 Å². The number of aliphatic hydroxyl groups is 1. The third-order valence-electron chi connectivity index (χ3n) is 8.34. The Kier molecular flexibility index (Phi) is 5.47. The van der Waals surface area contributed by atoms with Crippen LogP contribution in [0, 0.1) is 34.0 Å². The summed E-state index contributed by atoms with van der Waals surface area (Å²) in [4.78, 5) is 45.9. The molecule has 172 valence electrons. The van der Waals surface area contributed by atoms with Gasteiger partial charge in [-0.15, -0.1) is 0 Å². The normalized spacial score (nSPS) is 34.4. The molecule has 3 aliphatic rings. The predicted octanol–water partition coefficient (Wildman–Crippen LogP) is 4.84. The lowest BCUT2D eigenvalue weighted by atomic mass is 9.62. The van der Waals surface area contributed by atoms with Gasteiger partial charge in [0, 0.05) is 5.92 Å². The van der Waals surface area contributed by atoms with Gasteiger partial charge in [0.05, 0.1) is 10.8 Å². The molecule has 0 heterocycles. The monoisotopic (exact) mass is 432 g/mol. The average Bonchev–Trinajstić information content (AvgIpc) is 3.04. The third-order valence-corrected chi connectivity index (χ3v) is 8.34. The Balaban J connectivity index is 2.29. The summed E-state index contributed by atoms with van der Waals surface area (Å²) in [6.07, 6.45) is 2.66. The van der Waals surface area contributed by atoms with Crippen molar-refractivity contribution >= 4 is 17.3 Å². The summed E-state index contributed by atoms with van der Waals surface area (Å²) < 4.78 is 0. The van der Waals surface area contributed by atoms with Gasteiger partial charge in [-0.05, 0) is 64.2 Å². The van der Waals surface area contributed by atoms with Crippen molar-refractivity contribution in [1.82, 2.24) is 0 Å². The van der Waals surface area contributed by atoms with Crippen LogP contribution in [0.1, 0.15) is 74.7 Å². The van der Waals surface area contributed by atoms with E-state index < -0.39 is 39.3 Å². The van der Waals surface area contributed by atoms with Gasteiger partial charge in [-0.25, -0.2) is 4.89 Å². The Morgan fingerprint density at radius 1 is 1.23 bits per heavy atom. The number of hydrogen-bond acceptors (Lipinski definition) is 6. The van der Waals surface area contributed by atoms with E-state index in [0.29, 0.717) is 6.42 Å². The Morgan fingerprint density at radius 3 is 2.29 bits per heavy atom. The Labute approximate surface area is 184 Å². The molecule has 3 aliphatic carbocycles. The summed E-state index contributed by atoms with van der Waals surface area (Å²) in [5.41, 5.74) is -3.36. The van der Waals surface area contributed by atoms with Crippen molar-refractivity contribution < 1.29 is 29.6 Å². The number of rotatable bonds is 6. The van der Waals surface area contributed by atoms with Crippen LogP contribution in [0.25, 0.3) is 0 Å². The van der Waals surface area contributed by atoms with E-state index in [1.165, 1.54) is 0 Å². The van der Waals surface area contributed by atoms with Gasteiger partial charge in [-0.2, -0.15) is 0 Å². The van der Waals surface area contributed by atoms with Crippen LogP contribution >= 0.6 is 0 Å². The summed E-state index contributed by atoms with van der Waals surface area (Å²) in [5, 5.41) is 20.9. The molecule has 31 heavy (non-hydrogen) atoms. The predicted molar refractivity (Wildman–Crippen MR) is 116 cm³/mol. The molecule has 2 saturated carbocycles. The zero-order valence-electron chi connectivity index (χ0n) is 20.0. The smallest absolute Gasteiger partial charge is 0.183 e. The number of hydrogen-bond donors (Lipinski definition) is 2. The number of fused-ring (bicyclic) bond motifs is 1. The van der Waals surface area contributed by atoms with Gasteiger partial charge in [0.15, 0.2) is 17.3 Å². The minimum absolute atomic E-state index is 0.189. The minimum atomic E-state index is -1.38. The van der Waals surface area contributed by atoms with Crippen LogP contribution in [0.2, 0.25) is 0 Å². The van der Waals surface area contributed by atoms with Crippen molar-refractivity contribution in [3.05, 3.63) is 23.0 Å². The highest BCUT2D eigenvalue weighted by Gasteiger charge is 2.78. The van der Waals surface area contributed by atoms with E-state index in [2.05, 4.69) is 0 Å². The maximum absolute atomic E-state index is 14.1. The van der Waals surface area contributed by atoms with Crippen LogP contribution < -0.4 is 0 Å². The maximum atomic E-state index is 14.1. The largest absolute Gasteiger partial charge is 0.510 e. The first kappa shape index (κ1) is 23.9. The SMILES string of the molecule is CC(C)=CCC12CC3C(CC(C(C)(C)OO)C3(C)C)(C(=O)C(C(=O)C(C)C)=C1O)C2=O. The first-order valence-corrected chi connectivity index (χ1v) is 11.1. The van der Waals surface area contributed by atoms with Crippen LogP contribution in [-0.4, -0.2) is 33.3 Å². The Hall–Kier alpha value is -1.79. The zero-order valence-corrected chi connectivity index (χ0v) is 20.0. The fourth-order valence-corrected chi connectivity index (χ4v) is 6.66. The van der Waals surface area contributed by atoms with Crippen molar-refractivity contribution in [3.63, 3.8) is 0 Å². The molecule has 2 bridgehead atoms. The van der Waals surface area contributed by atoms with E-state index in [-0.39, 0.29) is 41.8 Å². The summed E-state index contributed by atoms with van der Waals surface area (Å²) in [7, 11) is 0. The molecule has 4 unspecified atom stereocenters. The number of carbonyl (C=O) groups excluding carboxylic acids is 3. The molecule has 6 nitrogen and oxygen atoms in total. The first-order valence-electron chi connectivity index (χ1n) is 11.1. The van der Waals surface area contributed by atoms with Gasteiger partial charge < -0.3 is 5.11 Å². The van der Waals surface area contributed by atoms with E-state index in [4.69, 9.17) is 4.89 Å². The first-order chi connectivity index (χ1) is 14.1. The number of carbonyl (C=O) groups is 3. The van der Waals surface area contributed by atoms with Gasteiger partial charge in [0.1, 0.15) is 16.9 Å². The van der Waals surface area contributed by atoms with Crippen molar-refractivity contribution in [3.8, 4) is 0 Å². The standard InChI is InChI=1S/C25H36O6/c1-13(2)9-10-24-11-16-22(5,6)15(23(7,8)31-30)12-25(16,21(24)29)20(28)17(19(24)27)18(26)14(3)4/h9,14-16,27,30H,10-12H2,1-8H3. The van der Waals surface area contributed by atoms with Gasteiger partial charge in [0.2, 0.25) is 0 Å². The van der Waals surface area contributed by atoms with Crippen LogP contribution in [0.3, 0.4) is 0 Å². The molecule has 1 spiro atoms. The van der Waals surface area contributed by atoms with Crippen LogP contribution in [0.4, 0.5) is 0 Å². The molecular weight excluding hydrogens is 396 g/mol. The topological polar surface area (TPSA) is 101 Å². The second-order valence-corrected chi connectivity index (χ2v) is 11.5. The van der Waals surface area contributed by atoms with Gasteiger partial charge in [-0.1, -0.05) is 39.3 Å². The molecule has 0 aliphatic heterocycles. The maximum Gasteiger partial charge on any atom is 0.183 e. The van der Waals surface area contributed by atoms with E-state index in [9.17, 15) is 24.7 Å². The van der Waals surface area contributed by atoms with E-state index >= 15 is 0 Å². The lowest BCUT2D eigenvalue weighted by Gasteiger charge is -2.41. The molecule has 2 fully saturated rings. The molecular formula is C25H36O6. The molecule has 0 saturated heterocycles. The quantitative estimate of drug-likeness (QED) is 0.205. The molecule has 3 rings (SSSR count). The second kappa shape index (κ2) is 7.11. The van der Waals surface area contributed by atoms with E-state index in [1.807, 2.05) is 33.8 Å². The van der Waals surface area contributed by atoms with Crippen LogP contribution in [0.5, 0.6) is 0 Å². The zero-order chi connectivity index (χ0) is 23.7. The fraction of sp³-hybridized carbons (Fsp3) is 0.720. The Bertz CT molecular complexity index is 901. The molecule has 0 aromatic heterocycles. The van der Waals surface area contributed by atoms with Crippen molar-refractivity contribution in [2.75, 3.05) is 0 Å². The molecule has 2 N–H and O–H groups in total. The minimum Gasteiger partial charge on any atom is -0.510 e. The summed E-state index contributed by atoms with van der Waals surface area (Å²) in [5.74, 6) is -2.74. The number of Topliss-reactive ketones (excluding diaryl/α,β-unsaturated/α-hetero) is 3. The summed E-state index contributed by atoms with van der Waals surface area (Å²) >= 11 is 0. The average molecular weight is 433 g/mol. The number of aliphatic hydroxyl groups excluding tert-OH is 1. The number of allylic oxidation sites excluding steroid dienone is 4. The van der Waals surface area contributed by atoms with Gasteiger partial charge in [-0.3, -0.25) is 19.6 Å². The molecule has 0 radical (unpaired) electrons. The molecule has 0 aromatic rings. The van der Waals surface area contributed by atoms with Crippen LogP contribution in [-0.2, 0) is 19.3 Å². The third kappa shape index (κ3) is 2.94. The molecule has 4 atom stereocenters. The summed E-state index contributed by atoms with van der Waals surface area (Å²) in [6, 6.07) is 0. The second-order valence-electron chi connectivity index (χ2n) is 11.5. The fourth-order valence-electron chi connectivity index (χ4n) is 6.66. The highest BCUT2D eigenvalue weighted by Crippen LogP contribution is 2.73. The molecule has 0 amide bonds. The van der Waals surface area contributed by atoms with Gasteiger partial charge in [0.25, 0.3) is 0 Å². The molecule has 6 heteroatoms.